The lowest BCUT2D eigenvalue weighted by Crippen LogP contribution is -2.50. The topological polar surface area (TPSA) is 102 Å². The summed E-state index contributed by atoms with van der Waals surface area (Å²) in [7, 11) is 1.59. The van der Waals surface area contributed by atoms with Gasteiger partial charge in [0.2, 0.25) is 11.7 Å². The highest BCUT2D eigenvalue weighted by Crippen LogP contribution is 2.35. The predicted molar refractivity (Wildman–Crippen MR) is 167 cm³/mol. The molecule has 1 aliphatic carbocycles. The third-order valence-electron chi connectivity index (χ3n) is 7.78. The number of anilines is 1. The Morgan fingerprint density at radius 3 is 2.25 bits per heavy atom. The quantitative estimate of drug-likeness (QED) is 0.245. The molecule has 9 nitrogen and oxygen atoms in total. The van der Waals surface area contributed by atoms with E-state index in [-0.39, 0.29) is 12.5 Å². The molecule has 1 aliphatic rings. The number of amides is 2. The molecule has 3 aromatic carbocycles. The summed E-state index contributed by atoms with van der Waals surface area (Å²) >= 11 is 0. The van der Waals surface area contributed by atoms with Crippen LogP contribution in [0.25, 0.3) is 11.4 Å². The molecule has 0 radical (unpaired) electrons. The molecule has 10 heteroatoms. The Hall–Kier alpha value is -4.60. The van der Waals surface area contributed by atoms with E-state index in [1.807, 2.05) is 57.2 Å². The smallest absolute Gasteiger partial charge is 0.251 e. The third-order valence-corrected chi connectivity index (χ3v) is 7.78. The molecule has 0 bridgehead atoms. The van der Waals surface area contributed by atoms with E-state index in [4.69, 9.17) is 4.74 Å². The minimum Gasteiger partial charge on any atom is -0.497 e. The zero-order chi connectivity index (χ0) is 31.3. The van der Waals surface area contributed by atoms with Gasteiger partial charge >= 0.3 is 0 Å². The van der Waals surface area contributed by atoms with Crippen LogP contribution in [-0.2, 0) is 16.1 Å². The van der Waals surface area contributed by atoms with Crippen molar-refractivity contribution in [1.29, 1.82) is 0 Å². The number of methoxy groups -OCH3 is 1. The van der Waals surface area contributed by atoms with Gasteiger partial charge in [-0.15, -0.1) is 10.2 Å². The molecule has 0 unspecified atom stereocenters. The Kier molecular flexibility index (Phi) is 9.37. The lowest BCUT2D eigenvalue weighted by atomic mass is 9.84. The monoisotopic (exact) mass is 598 g/mol. The number of aromatic nitrogens is 4. The molecular formula is C34H39FN6O3. The molecule has 1 aromatic heterocycles. The van der Waals surface area contributed by atoms with Gasteiger partial charge in [-0.1, -0.05) is 43.5 Å². The van der Waals surface area contributed by atoms with Crippen molar-refractivity contribution >= 4 is 17.5 Å². The van der Waals surface area contributed by atoms with Gasteiger partial charge in [-0.2, -0.15) is 4.80 Å². The maximum absolute atomic E-state index is 14.2. The lowest BCUT2D eigenvalue weighted by molar-refractivity contribution is -0.128. The number of benzene rings is 3. The molecule has 1 N–H and O–H groups in total. The fraction of sp³-hybridized carbons (Fsp3) is 0.382. The van der Waals surface area contributed by atoms with Crippen LogP contribution in [0.1, 0.15) is 76.0 Å². The van der Waals surface area contributed by atoms with Crippen molar-refractivity contribution in [2.24, 2.45) is 0 Å². The molecule has 230 valence electrons. The van der Waals surface area contributed by atoms with E-state index in [0.29, 0.717) is 34.3 Å². The average Bonchev–Trinajstić information content (AvgIpc) is 3.48. The number of tetrazole rings is 1. The SMILES string of the molecule is COc1ccc(-c2nnn(CC(=O)N(c3ccc(C4CCCCC4)cc3)[C@H](C(=O)NC(C)(C)C)c3ccc(F)cc3)n2)cc1. The minimum absolute atomic E-state index is 0.270. The van der Waals surface area contributed by atoms with Crippen LogP contribution >= 0.6 is 0 Å². The number of carbonyl (C=O) groups excluding carboxylic acids is 2. The fourth-order valence-corrected chi connectivity index (χ4v) is 5.64. The summed E-state index contributed by atoms with van der Waals surface area (Å²) in [5.74, 6) is 0.282. The number of nitrogens with zero attached hydrogens (tertiary/aromatic N) is 5. The number of carbonyl (C=O) groups is 2. The summed E-state index contributed by atoms with van der Waals surface area (Å²) in [4.78, 5) is 30.8. The highest BCUT2D eigenvalue weighted by Gasteiger charge is 2.35. The minimum atomic E-state index is -1.08. The van der Waals surface area contributed by atoms with Crippen molar-refractivity contribution in [3.05, 3.63) is 89.7 Å². The van der Waals surface area contributed by atoms with Gasteiger partial charge in [0.1, 0.15) is 24.2 Å². The van der Waals surface area contributed by atoms with Crippen LogP contribution in [0.3, 0.4) is 0 Å². The zero-order valence-electron chi connectivity index (χ0n) is 25.7. The normalized spacial score (nSPS) is 14.6. The second kappa shape index (κ2) is 13.4. The van der Waals surface area contributed by atoms with Crippen molar-refractivity contribution < 1.29 is 18.7 Å². The average molecular weight is 599 g/mol. The van der Waals surface area contributed by atoms with E-state index >= 15 is 0 Å². The van der Waals surface area contributed by atoms with Gasteiger partial charge in [0.25, 0.3) is 5.91 Å². The van der Waals surface area contributed by atoms with E-state index in [2.05, 4.69) is 20.7 Å². The first-order valence-electron chi connectivity index (χ1n) is 15.0. The van der Waals surface area contributed by atoms with Gasteiger partial charge in [-0.3, -0.25) is 14.5 Å². The summed E-state index contributed by atoms with van der Waals surface area (Å²) in [6, 6.07) is 19.7. The molecule has 5 rings (SSSR count). The van der Waals surface area contributed by atoms with Gasteiger partial charge in [0.05, 0.1) is 7.11 Å². The molecule has 0 spiro atoms. The summed E-state index contributed by atoms with van der Waals surface area (Å²) in [5.41, 5.74) is 2.39. The van der Waals surface area contributed by atoms with Crippen molar-refractivity contribution in [2.75, 3.05) is 12.0 Å². The van der Waals surface area contributed by atoms with Gasteiger partial charge in [0, 0.05) is 16.8 Å². The standard InChI is InChI=1S/C34H39FN6O3/c1-34(2,3)36-33(43)31(25-10-16-27(35)17-11-25)41(28-18-12-24(13-19-28)23-8-6-5-7-9-23)30(42)22-40-38-32(37-39-40)26-14-20-29(44-4)21-15-26/h10-21,23,31H,5-9,22H2,1-4H3,(H,36,43)/t31-/m0/s1. The predicted octanol–water partition coefficient (Wildman–Crippen LogP) is 6.22. The van der Waals surface area contributed by atoms with E-state index in [1.54, 1.807) is 19.2 Å². The lowest BCUT2D eigenvalue weighted by Gasteiger charge is -2.34. The third kappa shape index (κ3) is 7.48. The molecule has 1 atom stereocenters. The number of ether oxygens (including phenoxy) is 1. The maximum atomic E-state index is 14.2. The molecule has 44 heavy (non-hydrogen) atoms. The molecule has 1 saturated carbocycles. The molecule has 2 amide bonds. The summed E-state index contributed by atoms with van der Waals surface area (Å²) in [5, 5.41) is 15.7. The summed E-state index contributed by atoms with van der Waals surface area (Å²) in [6.07, 6.45) is 5.96. The van der Waals surface area contributed by atoms with Crippen LogP contribution in [0.5, 0.6) is 5.75 Å². The highest BCUT2D eigenvalue weighted by molar-refractivity contribution is 6.01. The zero-order valence-corrected chi connectivity index (χ0v) is 25.7. The summed E-state index contributed by atoms with van der Waals surface area (Å²) < 4.78 is 19.2. The van der Waals surface area contributed by atoms with Crippen molar-refractivity contribution in [1.82, 2.24) is 25.5 Å². The Morgan fingerprint density at radius 1 is 0.977 bits per heavy atom. The van der Waals surface area contributed by atoms with Crippen LogP contribution in [-0.4, -0.2) is 44.7 Å². The fourth-order valence-electron chi connectivity index (χ4n) is 5.64. The largest absolute Gasteiger partial charge is 0.497 e. The van der Waals surface area contributed by atoms with Gasteiger partial charge < -0.3 is 10.1 Å². The van der Waals surface area contributed by atoms with Crippen LogP contribution in [0.4, 0.5) is 10.1 Å². The second-order valence-corrected chi connectivity index (χ2v) is 12.3. The molecular weight excluding hydrogens is 559 g/mol. The van der Waals surface area contributed by atoms with E-state index in [1.165, 1.54) is 58.8 Å². The highest BCUT2D eigenvalue weighted by atomic mass is 19.1. The van der Waals surface area contributed by atoms with E-state index in [9.17, 15) is 14.0 Å². The Labute approximate surface area is 257 Å². The second-order valence-electron chi connectivity index (χ2n) is 12.3. The van der Waals surface area contributed by atoms with Gasteiger partial charge in [-0.05, 0) is 104 Å². The summed E-state index contributed by atoms with van der Waals surface area (Å²) in [6.45, 7) is 5.35. The van der Waals surface area contributed by atoms with Crippen LogP contribution in [0, 0.1) is 5.82 Å². The van der Waals surface area contributed by atoms with Crippen LogP contribution < -0.4 is 15.0 Å². The molecule has 4 aromatic rings. The number of hydrogen-bond acceptors (Lipinski definition) is 6. The van der Waals surface area contributed by atoms with Gasteiger partial charge in [-0.25, -0.2) is 4.39 Å². The maximum Gasteiger partial charge on any atom is 0.251 e. The van der Waals surface area contributed by atoms with E-state index < -0.39 is 23.3 Å². The van der Waals surface area contributed by atoms with Crippen molar-refractivity contribution in [3.8, 4) is 17.1 Å². The Balaban J connectivity index is 1.51. The molecule has 0 aliphatic heterocycles. The van der Waals surface area contributed by atoms with Crippen molar-refractivity contribution in [3.63, 3.8) is 0 Å². The number of hydrogen-bond donors (Lipinski definition) is 1. The van der Waals surface area contributed by atoms with E-state index in [0.717, 1.165) is 12.8 Å². The van der Waals surface area contributed by atoms with Gasteiger partial charge in [0.15, 0.2) is 0 Å². The number of halogens is 1. The molecule has 1 fully saturated rings. The molecule has 0 saturated heterocycles. The van der Waals surface area contributed by atoms with Crippen LogP contribution in [0.2, 0.25) is 0 Å². The Morgan fingerprint density at radius 2 is 1.64 bits per heavy atom. The van der Waals surface area contributed by atoms with Crippen molar-refractivity contribution in [2.45, 2.75) is 76.9 Å². The number of rotatable bonds is 9. The van der Waals surface area contributed by atoms with Crippen LogP contribution in [0.15, 0.2) is 72.8 Å². The Bertz CT molecular complexity index is 1560. The molecule has 1 heterocycles. The first-order valence-corrected chi connectivity index (χ1v) is 15.0. The number of nitrogens with one attached hydrogen (secondary N) is 1. The first kappa shape index (κ1) is 30.8. The first-order chi connectivity index (χ1) is 21.1.